The molecule has 3 aromatic rings. The second kappa shape index (κ2) is 8.06. The smallest absolute Gasteiger partial charge is 0.274 e. The molecule has 1 saturated heterocycles. The van der Waals surface area contributed by atoms with E-state index >= 15 is 0 Å². The number of nitrogens with zero attached hydrogens (tertiary/aromatic N) is 5. The molecule has 8 heteroatoms. The average Bonchev–Trinajstić information content (AvgIpc) is 3.47. The molecule has 0 radical (unpaired) electrons. The van der Waals surface area contributed by atoms with Gasteiger partial charge in [-0.25, -0.2) is 4.98 Å². The van der Waals surface area contributed by atoms with Crippen LogP contribution >= 0.6 is 11.3 Å². The highest BCUT2D eigenvalue weighted by Crippen LogP contribution is 2.23. The first-order valence-electron chi connectivity index (χ1n) is 9.35. The van der Waals surface area contributed by atoms with Crippen LogP contribution in [0.2, 0.25) is 0 Å². The molecular weight excluding hydrogens is 360 g/mol. The quantitative estimate of drug-likeness (QED) is 0.708. The first-order valence-corrected chi connectivity index (χ1v) is 10.2. The molecule has 1 aliphatic rings. The maximum absolute atomic E-state index is 12.7. The Morgan fingerprint density at radius 2 is 2.11 bits per heavy atom. The van der Waals surface area contributed by atoms with Gasteiger partial charge in [0, 0.05) is 58.1 Å². The van der Waals surface area contributed by atoms with E-state index in [4.69, 9.17) is 0 Å². The molecule has 3 aromatic heterocycles. The van der Waals surface area contributed by atoms with Crippen molar-refractivity contribution in [1.29, 1.82) is 0 Å². The molecule has 142 valence electrons. The van der Waals surface area contributed by atoms with E-state index in [1.807, 2.05) is 40.9 Å². The van der Waals surface area contributed by atoms with E-state index in [9.17, 15) is 4.79 Å². The highest BCUT2D eigenvalue weighted by Gasteiger charge is 2.24. The van der Waals surface area contributed by atoms with Gasteiger partial charge >= 0.3 is 0 Å². The minimum Gasteiger partial charge on any atom is -0.335 e. The Labute approximate surface area is 162 Å². The van der Waals surface area contributed by atoms with Crippen LogP contribution in [0.1, 0.15) is 23.2 Å². The maximum atomic E-state index is 12.7. The van der Waals surface area contributed by atoms with E-state index in [2.05, 4.69) is 31.6 Å². The van der Waals surface area contributed by atoms with Gasteiger partial charge in [-0.1, -0.05) is 13.0 Å². The number of thiophene rings is 1. The summed E-state index contributed by atoms with van der Waals surface area (Å²) in [5.74, 6) is 1.14. The number of carbonyl (C=O) groups excluding carboxylic acids is 1. The molecular formula is C19H24N6OS. The van der Waals surface area contributed by atoms with Crippen molar-refractivity contribution in [2.24, 2.45) is 0 Å². The molecule has 0 aromatic carbocycles. The highest BCUT2D eigenvalue weighted by atomic mass is 32.1. The monoisotopic (exact) mass is 384 g/mol. The molecule has 1 aliphatic heterocycles. The molecule has 4 heterocycles. The third-order valence-electron chi connectivity index (χ3n) is 5.02. The summed E-state index contributed by atoms with van der Waals surface area (Å²) in [7, 11) is 0. The lowest BCUT2D eigenvalue weighted by atomic mass is 10.2. The fourth-order valence-corrected chi connectivity index (χ4v) is 4.13. The number of H-pyrrole nitrogens is 1. The van der Waals surface area contributed by atoms with Crippen LogP contribution in [0, 0.1) is 0 Å². The molecule has 1 amide bonds. The number of amides is 1. The van der Waals surface area contributed by atoms with Gasteiger partial charge in [-0.15, -0.1) is 11.3 Å². The molecule has 1 N–H and O–H groups in total. The molecule has 4 rings (SSSR count). The van der Waals surface area contributed by atoms with E-state index in [1.54, 1.807) is 11.3 Å². The van der Waals surface area contributed by atoms with Crippen LogP contribution in [-0.2, 0) is 13.0 Å². The number of nitrogens with one attached hydrogen (secondary N) is 1. The number of piperazine rings is 1. The zero-order chi connectivity index (χ0) is 18.6. The van der Waals surface area contributed by atoms with E-state index in [0.717, 1.165) is 62.1 Å². The summed E-state index contributed by atoms with van der Waals surface area (Å²) in [6.07, 6.45) is 4.86. The Balaban J connectivity index is 1.29. The summed E-state index contributed by atoms with van der Waals surface area (Å²) in [6.45, 7) is 7.32. The second-order valence-electron chi connectivity index (χ2n) is 6.67. The van der Waals surface area contributed by atoms with Crippen LogP contribution in [0.25, 0.3) is 10.6 Å². The van der Waals surface area contributed by atoms with Crippen LogP contribution in [0.4, 0.5) is 0 Å². The van der Waals surface area contributed by atoms with Crippen LogP contribution in [0.15, 0.2) is 36.0 Å². The lowest BCUT2D eigenvalue weighted by Gasteiger charge is -2.34. The molecule has 0 aliphatic carbocycles. The molecule has 0 atom stereocenters. The van der Waals surface area contributed by atoms with Crippen LogP contribution in [-0.4, -0.2) is 68.2 Å². The summed E-state index contributed by atoms with van der Waals surface area (Å²) < 4.78 is 2.22. The van der Waals surface area contributed by atoms with Crippen molar-refractivity contribution in [3.05, 3.63) is 47.5 Å². The largest absolute Gasteiger partial charge is 0.335 e. The van der Waals surface area contributed by atoms with E-state index in [0.29, 0.717) is 5.69 Å². The number of hydrogen-bond acceptors (Lipinski definition) is 5. The van der Waals surface area contributed by atoms with Crippen LogP contribution < -0.4 is 0 Å². The normalized spacial score (nSPS) is 15.4. The number of imidazole rings is 1. The molecule has 1 fully saturated rings. The van der Waals surface area contributed by atoms with Crippen molar-refractivity contribution >= 4 is 17.2 Å². The van der Waals surface area contributed by atoms with Crippen molar-refractivity contribution in [3.63, 3.8) is 0 Å². The summed E-state index contributed by atoms with van der Waals surface area (Å²) in [5.41, 5.74) is 1.40. The van der Waals surface area contributed by atoms with E-state index in [-0.39, 0.29) is 5.91 Å². The van der Waals surface area contributed by atoms with Crippen molar-refractivity contribution in [2.75, 3.05) is 32.7 Å². The summed E-state index contributed by atoms with van der Waals surface area (Å²) in [4.78, 5) is 22.5. The predicted molar refractivity (Wildman–Crippen MR) is 106 cm³/mol. The van der Waals surface area contributed by atoms with E-state index in [1.165, 1.54) is 0 Å². The Bertz CT molecular complexity index is 876. The van der Waals surface area contributed by atoms with Gasteiger partial charge in [0.05, 0.1) is 10.6 Å². The van der Waals surface area contributed by atoms with E-state index < -0.39 is 0 Å². The molecule has 0 unspecified atom stereocenters. The first kappa shape index (κ1) is 17.9. The lowest BCUT2D eigenvalue weighted by molar-refractivity contribution is 0.0627. The molecule has 0 bridgehead atoms. The van der Waals surface area contributed by atoms with Crippen molar-refractivity contribution in [3.8, 4) is 10.6 Å². The van der Waals surface area contributed by atoms with Gasteiger partial charge in [0.2, 0.25) is 0 Å². The highest BCUT2D eigenvalue weighted by molar-refractivity contribution is 7.13. The number of aryl methyl sites for hydroxylation is 1. The lowest BCUT2D eigenvalue weighted by Crippen LogP contribution is -2.49. The number of aromatic nitrogens is 4. The Kier molecular flexibility index (Phi) is 5.35. The fourth-order valence-electron chi connectivity index (χ4n) is 3.43. The Morgan fingerprint density at radius 1 is 1.26 bits per heavy atom. The standard InChI is InChI=1S/C19H24N6OS/c1-2-18-20-5-6-24(18)10-7-23-8-11-25(12-9-23)19(26)16-14-15(21-22-16)17-4-3-13-27-17/h3-6,13-14H,2,7-12H2,1H3,(H,21,22). The SMILES string of the molecule is CCc1nccn1CCN1CCN(C(=O)c2cc(-c3cccs3)[nH]n2)CC1. The number of aromatic amines is 1. The topological polar surface area (TPSA) is 70.1 Å². The van der Waals surface area contributed by atoms with Gasteiger partial charge in [0.15, 0.2) is 5.69 Å². The maximum Gasteiger partial charge on any atom is 0.274 e. The van der Waals surface area contributed by atoms with Gasteiger partial charge in [0.25, 0.3) is 5.91 Å². The Morgan fingerprint density at radius 3 is 2.85 bits per heavy atom. The Hall–Kier alpha value is -2.45. The minimum atomic E-state index is 0.0107. The average molecular weight is 385 g/mol. The zero-order valence-electron chi connectivity index (χ0n) is 15.5. The van der Waals surface area contributed by atoms with Crippen molar-refractivity contribution in [2.45, 2.75) is 19.9 Å². The first-order chi connectivity index (χ1) is 13.2. The third kappa shape index (κ3) is 3.96. The summed E-state index contributed by atoms with van der Waals surface area (Å²) in [5, 5.41) is 9.22. The fraction of sp³-hybridized carbons (Fsp3) is 0.421. The molecule has 7 nitrogen and oxygen atoms in total. The van der Waals surface area contributed by atoms with Crippen LogP contribution in [0.3, 0.4) is 0 Å². The third-order valence-corrected chi connectivity index (χ3v) is 5.92. The van der Waals surface area contributed by atoms with Crippen molar-refractivity contribution < 1.29 is 4.79 Å². The number of hydrogen-bond donors (Lipinski definition) is 1. The molecule has 27 heavy (non-hydrogen) atoms. The van der Waals surface area contributed by atoms with Gasteiger partial charge in [0.1, 0.15) is 5.82 Å². The summed E-state index contributed by atoms with van der Waals surface area (Å²) in [6, 6.07) is 5.87. The van der Waals surface area contributed by atoms with Crippen LogP contribution in [0.5, 0.6) is 0 Å². The molecule has 0 saturated carbocycles. The van der Waals surface area contributed by atoms with Crippen molar-refractivity contribution in [1.82, 2.24) is 29.5 Å². The van der Waals surface area contributed by atoms with Gasteiger partial charge < -0.3 is 9.47 Å². The zero-order valence-corrected chi connectivity index (χ0v) is 16.3. The number of carbonyl (C=O) groups is 1. The molecule has 0 spiro atoms. The van der Waals surface area contributed by atoms with Gasteiger partial charge in [-0.05, 0) is 17.5 Å². The minimum absolute atomic E-state index is 0.0107. The van der Waals surface area contributed by atoms with Gasteiger partial charge in [-0.3, -0.25) is 14.8 Å². The predicted octanol–water partition coefficient (Wildman–Crippen LogP) is 2.36. The second-order valence-corrected chi connectivity index (χ2v) is 7.62. The summed E-state index contributed by atoms with van der Waals surface area (Å²) >= 11 is 1.63. The number of rotatable bonds is 6. The van der Waals surface area contributed by atoms with Gasteiger partial charge in [-0.2, -0.15) is 5.10 Å².